The van der Waals surface area contributed by atoms with Crippen LogP contribution in [0.15, 0.2) is 18.4 Å². The molecule has 1 aliphatic rings. The van der Waals surface area contributed by atoms with Gasteiger partial charge in [-0.1, -0.05) is 13.5 Å². The molecule has 1 nitrogen and oxygen atoms in total. The van der Waals surface area contributed by atoms with Gasteiger partial charge < -0.3 is 5.11 Å². The Bertz CT molecular complexity index is 168. The highest BCUT2D eigenvalue weighted by Gasteiger charge is 2.23. The lowest BCUT2D eigenvalue weighted by molar-refractivity contribution is 0.0881. The van der Waals surface area contributed by atoms with Crippen molar-refractivity contribution in [2.75, 3.05) is 0 Å². The van der Waals surface area contributed by atoms with Crippen molar-refractivity contribution in [3.05, 3.63) is 18.4 Å². The van der Waals surface area contributed by atoms with Gasteiger partial charge in [-0.3, -0.25) is 0 Å². The van der Waals surface area contributed by atoms with E-state index in [4.69, 9.17) is 0 Å². The van der Waals surface area contributed by atoms with Gasteiger partial charge in [-0.2, -0.15) is 0 Å². The third kappa shape index (κ3) is 2.21. The summed E-state index contributed by atoms with van der Waals surface area (Å²) in [6, 6.07) is 0. The Balaban J connectivity index is 2.50. The Morgan fingerprint density at radius 2 is 2.27 bits per heavy atom. The van der Waals surface area contributed by atoms with Crippen LogP contribution in [0.3, 0.4) is 0 Å². The Labute approximate surface area is 68.4 Å². The van der Waals surface area contributed by atoms with Crippen LogP contribution in [0.5, 0.6) is 0 Å². The van der Waals surface area contributed by atoms with E-state index in [1.54, 1.807) is 0 Å². The predicted octanol–water partition coefficient (Wildman–Crippen LogP) is 2.12. The zero-order valence-corrected chi connectivity index (χ0v) is 7.09. The van der Waals surface area contributed by atoms with E-state index >= 15 is 0 Å². The number of aliphatic hydroxyl groups is 1. The topological polar surface area (TPSA) is 20.2 Å². The summed E-state index contributed by atoms with van der Waals surface area (Å²) in [6.07, 6.45) is 4.93. The van der Waals surface area contributed by atoms with Gasteiger partial charge in [-0.15, -0.1) is 5.73 Å². The number of allylic oxidation sites excluding steroid dienone is 1. The van der Waals surface area contributed by atoms with E-state index in [9.17, 15) is 5.11 Å². The maximum Gasteiger partial charge on any atom is 0.0543 e. The summed E-state index contributed by atoms with van der Waals surface area (Å²) in [6.45, 7) is 5.75. The minimum absolute atomic E-state index is 0.0699. The molecule has 1 saturated carbocycles. The number of aliphatic hydroxyl groups excluding tert-OH is 1. The van der Waals surface area contributed by atoms with E-state index < -0.39 is 0 Å². The van der Waals surface area contributed by atoms with Crippen molar-refractivity contribution in [3.8, 4) is 0 Å². The Morgan fingerprint density at radius 3 is 2.82 bits per heavy atom. The quantitative estimate of drug-likeness (QED) is 0.571. The summed E-state index contributed by atoms with van der Waals surface area (Å²) in [5.74, 6) is 1.18. The van der Waals surface area contributed by atoms with E-state index in [-0.39, 0.29) is 6.10 Å². The van der Waals surface area contributed by atoms with Gasteiger partial charge >= 0.3 is 0 Å². The lowest BCUT2D eigenvalue weighted by Crippen LogP contribution is -2.24. The molecule has 0 saturated heterocycles. The predicted molar refractivity (Wildman–Crippen MR) is 46.2 cm³/mol. The van der Waals surface area contributed by atoms with Crippen molar-refractivity contribution in [1.82, 2.24) is 0 Å². The molecule has 11 heavy (non-hydrogen) atoms. The zero-order valence-electron chi connectivity index (χ0n) is 7.09. The number of hydrogen-bond acceptors (Lipinski definition) is 1. The van der Waals surface area contributed by atoms with E-state index in [0.717, 1.165) is 19.3 Å². The van der Waals surface area contributed by atoms with Crippen molar-refractivity contribution < 1.29 is 5.11 Å². The highest BCUT2D eigenvalue weighted by atomic mass is 16.3. The first-order chi connectivity index (χ1) is 5.24. The maximum absolute atomic E-state index is 9.32. The van der Waals surface area contributed by atoms with Gasteiger partial charge in [-0.25, -0.2) is 0 Å². The lowest BCUT2D eigenvalue weighted by atomic mass is 9.79. The normalized spacial score (nSPS) is 37.8. The van der Waals surface area contributed by atoms with Crippen molar-refractivity contribution >= 4 is 0 Å². The highest BCUT2D eigenvalue weighted by molar-refractivity contribution is 4.91. The largest absolute Gasteiger partial charge is 0.393 e. The molecule has 0 aromatic carbocycles. The van der Waals surface area contributed by atoms with Crippen LogP contribution in [0.2, 0.25) is 0 Å². The first-order valence-corrected chi connectivity index (χ1v) is 4.28. The molecule has 0 aromatic rings. The monoisotopic (exact) mass is 152 g/mol. The molecule has 3 atom stereocenters. The highest BCUT2D eigenvalue weighted by Crippen LogP contribution is 2.30. The molecular weight excluding hydrogens is 136 g/mol. The maximum atomic E-state index is 9.32. The van der Waals surface area contributed by atoms with E-state index in [1.807, 2.05) is 6.08 Å². The molecule has 0 aliphatic heterocycles. The molecule has 3 unspecified atom stereocenters. The number of hydrogen-bond donors (Lipinski definition) is 1. The molecule has 1 fully saturated rings. The van der Waals surface area contributed by atoms with Gasteiger partial charge in [0, 0.05) is 0 Å². The second-order valence-electron chi connectivity index (χ2n) is 3.48. The fraction of sp³-hybridized carbons (Fsp3) is 0.700. The molecule has 0 heterocycles. The van der Waals surface area contributed by atoms with E-state index in [1.165, 1.54) is 0 Å². The summed E-state index contributed by atoms with van der Waals surface area (Å²) in [5, 5.41) is 9.32. The lowest BCUT2D eigenvalue weighted by Gasteiger charge is -2.29. The summed E-state index contributed by atoms with van der Waals surface area (Å²) in [4.78, 5) is 0. The summed E-state index contributed by atoms with van der Waals surface area (Å²) in [5.41, 5.74) is 2.83. The second-order valence-corrected chi connectivity index (χ2v) is 3.48. The molecule has 0 bridgehead atoms. The molecule has 1 N–H and O–H groups in total. The van der Waals surface area contributed by atoms with Gasteiger partial charge in [0.2, 0.25) is 0 Å². The molecule has 0 amide bonds. The van der Waals surface area contributed by atoms with Crippen molar-refractivity contribution in [1.29, 1.82) is 0 Å². The molecule has 62 valence electrons. The van der Waals surface area contributed by atoms with E-state index in [2.05, 4.69) is 19.2 Å². The van der Waals surface area contributed by atoms with Crippen molar-refractivity contribution in [3.63, 3.8) is 0 Å². The zero-order chi connectivity index (χ0) is 8.27. The SMILES string of the molecule is C=C=CC1CCC(O)CC1C. The van der Waals surface area contributed by atoms with Crippen LogP contribution >= 0.6 is 0 Å². The van der Waals surface area contributed by atoms with Gasteiger partial charge in [0.25, 0.3) is 0 Å². The third-order valence-corrected chi connectivity index (χ3v) is 2.54. The average Bonchev–Trinajstić information content (AvgIpc) is 1.95. The number of rotatable bonds is 1. The van der Waals surface area contributed by atoms with Crippen LogP contribution in [-0.4, -0.2) is 11.2 Å². The van der Waals surface area contributed by atoms with Crippen LogP contribution in [0.4, 0.5) is 0 Å². The average molecular weight is 152 g/mol. The van der Waals surface area contributed by atoms with Gasteiger partial charge in [0.15, 0.2) is 0 Å². The summed E-state index contributed by atoms with van der Waals surface area (Å²) < 4.78 is 0. The van der Waals surface area contributed by atoms with Crippen molar-refractivity contribution in [2.24, 2.45) is 11.8 Å². The molecule has 1 rings (SSSR count). The first-order valence-electron chi connectivity index (χ1n) is 4.28. The second kappa shape index (κ2) is 3.75. The Kier molecular flexibility index (Phi) is 2.92. The molecule has 0 spiro atoms. The van der Waals surface area contributed by atoms with Crippen LogP contribution in [0.1, 0.15) is 26.2 Å². The molecular formula is C10H16O. The smallest absolute Gasteiger partial charge is 0.0543 e. The molecule has 0 radical (unpaired) electrons. The molecule has 1 aliphatic carbocycles. The van der Waals surface area contributed by atoms with Crippen LogP contribution < -0.4 is 0 Å². The summed E-state index contributed by atoms with van der Waals surface area (Å²) in [7, 11) is 0. The van der Waals surface area contributed by atoms with Gasteiger partial charge in [0.1, 0.15) is 0 Å². The fourth-order valence-corrected chi connectivity index (χ4v) is 1.79. The van der Waals surface area contributed by atoms with Gasteiger partial charge in [-0.05, 0) is 37.2 Å². The fourth-order valence-electron chi connectivity index (χ4n) is 1.79. The minimum atomic E-state index is -0.0699. The standard InChI is InChI=1S/C10H16O/c1-3-4-9-5-6-10(11)7-8(9)2/h4,8-11H,1,5-7H2,2H3. The minimum Gasteiger partial charge on any atom is -0.393 e. The van der Waals surface area contributed by atoms with E-state index in [0.29, 0.717) is 11.8 Å². The molecule has 0 aromatic heterocycles. The third-order valence-electron chi connectivity index (χ3n) is 2.54. The Morgan fingerprint density at radius 1 is 1.55 bits per heavy atom. The van der Waals surface area contributed by atoms with Crippen molar-refractivity contribution in [2.45, 2.75) is 32.3 Å². The van der Waals surface area contributed by atoms with Crippen LogP contribution in [0.25, 0.3) is 0 Å². The molecule has 1 heteroatoms. The first kappa shape index (κ1) is 8.58. The van der Waals surface area contributed by atoms with Crippen LogP contribution in [0, 0.1) is 11.8 Å². The van der Waals surface area contributed by atoms with Crippen LogP contribution in [-0.2, 0) is 0 Å². The Hall–Kier alpha value is -0.520. The van der Waals surface area contributed by atoms with Gasteiger partial charge in [0.05, 0.1) is 6.10 Å². The summed E-state index contributed by atoms with van der Waals surface area (Å²) >= 11 is 0.